The lowest BCUT2D eigenvalue weighted by Gasteiger charge is -2.31. The van der Waals surface area contributed by atoms with Crippen LogP contribution in [-0.2, 0) is 4.79 Å². The van der Waals surface area contributed by atoms with Crippen molar-refractivity contribution in [3.63, 3.8) is 0 Å². The number of rotatable bonds is 4. The topological polar surface area (TPSA) is 84.1 Å². The van der Waals surface area contributed by atoms with Crippen molar-refractivity contribution in [1.82, 2.24) is 24.6 Å². The molecule has 0 bridgehead atoms. The van der Waals surface area contributed by atoms with Gasteiger partial charge in [0.1, 0.15) is 17.4 Å². The normalized spacial score (nSPS) is 15.3. The number of halogens is 3. The van der Waals surface area contributed by atoms with Crippen LogP contribution >= 0.6 is 0 Å². The van der Waals surface area contributed by atoms with E-state index in [9.17, 15) is 23.1 Å². The first-order valence-electron chi connectivity index (χ1n) is 11.6. The minimum atomic E-state index is -4.45. The first-order valence-corrected chi connectivity index (χ1v) is 11.6. The maximum absolute atomic E-state index is 13.2. The zero-order valence-corrected chi connectivity index (χ0v) is 19.4. The minimum absolute atomic E-state index is 0.107. The van der Waals surface area contributed by atoms with Crippen LogP contribution in [0.15, 0.2) is 79.4 Å². The number of benzene rings is 2. The van der Waals surface area contributed by atoms with E-state index in [2.05, 4.69) is 15.1 Å². The molecule has 1 aliphatic heterocycles. The first kappa shape index (κ1) is 25.3. The van der Waals surface area contributed by atoms with Crippen molar-refractivity contribution in [2.75, 3.05) is 13.1 Å². The fourth-order valence-electron chi connectivity index (χ4n) is 4.01. The van der Waals surface area contributed by atoms with E-state index in [1.807, 2.05) is 36.5 Å². The number of aliphatic hydroxyl groups is 1. The third kappa shape index (κ3) is 6.45. The number of nitrogens with zero attached hydrogens (tertiary/aromatic N) is 5. The SMILES string of the molecule is O=C(CC(c1ccccc1)C(F)(F)F)N1CCC(O)CC1.c1ccc(-n2cc3ncncc3n2)cc1. The molecule has 1 saturated heterocycles. The third-order valence-corrected chi connectivity index (χ3v) is 6.00. The predicted molar refractivity (Wildman–Crippen MR) is 128 cm³/mol. The molecule has 7 nitrogen and oxygen atoms in total. The van der Waals surface area contributed by atoms with Gasteiger partial charge in [-0.1, -0.05) is 48.5 Å². The van der Waals surface area contributed by atoms with Crippen LogP contribution in [0.1, 0.15) is 30.7 Å². The van der Waals surface area contributed by atoms with Gasteiger partial charge in [0, 0.05) is 19.5 Å². The largest absolute Gasteiger partial charge is 0.396 e. The van der Waals surface area contributed by atoms with Crippen LogP contribution in [0, 0.1) is 0 Å². The number of amides is 1. The van der Waals surface area contributed by atoms with Gasteiger partial charge in [0.25, 0.3) is 0 Å². The second kappa shape index (κ2) is 11.3. The molecule has 5 rings (SSSR count). The number of alkyl halides is 3. The van der Waals surface area contributed by atoms with Gasteiger partial charge in [-0.15, -0.1) is 0 Å². The van der Waals surface area contributed by atoms with Crippen LogP contribution in [-0.4, -0.2) is 61.0 Å². The van der Waals surface area contributed by atoms with Gasteiger partial charge in [0.05, 0.1) is 30.1 Å². The van der Waals surface area contributed by atoms with Crippen LogP contribution in [0.5, 0.6) is 0 Å². The highest BCUT2D eigenvalue weighted by Gasteiger charge is 2.42. The molecule has 10 heteroatoms. The number of para-hydroxylation sites is 1. The summed E-state index contributed by atoms with van der Waals surface area (Å²) in [6.45, 7) is 0.638. The van der Waals surface area contributed by atoms with Gasteiger partial charge in [-0.3, -0.25) is 4.79 Å². The van der Waals surface area contributed by atoms with Crippen molar-refractivity contribution in [2.24, 2.45) is 0 Å². The molecule has 36 heavy (non-hydrogen) atoms. The Bertz CT molecular complexity index is 1220. The fraction of sp³-hybridized carbons (Fsp3) is 0.308. The second-order valence-corrected chi connectivity index (χ2v) is 8.52. The molecule has 2 aromatic heterocycles. The quantitative estimate of drug-likeness (QED) is 0.448. The lowest BCUT2D eigenvalue weighted by molar-refractivity contribution is -0.161. The van der Waals surface area contributed by atoms with Crippen LogP contribution in [0.2, 0.25) is 0 Å². The average molecular weight is 498 g/mol. The van der Waals surface area contributed by atoms with E-state index in [0.29, 0.717) is 25.9 Å². The smallest absolute Gasteiger partial charge is 0.393 e. The Balaban J connectivity index is 0.000000178. The first-order chi connectivity index (χ1) is 17.3. The summed E-state index contributed by atoms with van der Waals surface area (Å²) in [5.74, 6) is -2.29. The van der Waals surface area contributed by atoms with Crippen LogP contribution < -0.4 is 0 Å². The van der Waals surface area contributed by atoms with Crippen molar-refractivity contribution < 1.29 is 23.1 Å². The molecule has 0 spiro atoms. The Morgan fingerprint density at radius 3 is 2.25 bits per heavy atom. The molecule has 1 amide bonds. The molecular weight excluding hydrogens is 471 g/mol. The Hall–Kier alpha value is -3.79. The monoisotopic (exact) mass is 497 g/mol. The van der Waals surface area contributed by atoms with Gasteiger partial charge in [-0.25, -0.2) is 14.6 Å². The maximum Gasteiger partial charge on any atom is 0.396 e. The molecule has 0 radical (unpaired) electrons. The lowest BCUT2D eigenvalue weighted by atomic mass is 9.94. The summed E-state index contributed by atoms with van der Waals surface area (Å²) >= 11 is 0. The highest BCUT2D eigenvalue weighted by atomic mass is 19.4. The summed E-state index contributed by atoms with van der Waals surface area (Å²) in [6.07, 6.45) is 0.492. The maximum atomic E-state index is 13.2. The number of hydrogen-bond donors (Lipinski definition) is 1. The van der Waals surface area contributed by atoms with Crippen LogP contribution in [0.4, 0.5) is 13.2 Å². The summed E-state index contributed by atoms with van der Waals surface area (Å²) in [5.41, 5.74) is 2.79. The molecule has 1 atom stereocenters. The van der Waals surface area contributed by atoms with Gasteiger partial charge in [0.2, 0.25) is 5.91 Å². The molecule has 0 aliphatic carbocycles. The highest BCUT2D eigenvalue weighted by Crippen LogP contribution is 2.37. The van der Waals surface area contributed by atoms with Crippen molar-refractivity contribution in [3.05, 3.63) is 84.9 Å². The second-order valence-electron chi connectivity index (χ2n) is 8.52. The molecule has 1 aliphatic rings. The zero-order chi connectivity index (χ0) is 25.5. The van der Waals surface area contributed by atoms with E-state index in [1.165, 1.54) is 35.5 Å². The number of piperidine rings is 1. The van der Waals surface area contributed by atoms with E-state index in [0.717, 1.165) is 16.7 Å². The minimum Gasteiger partial charge on any atom is -0.393 e. The molecule has 188 valence electrons. The van der Waals surface area contributed by atoms with Crippen molar-refractivity contribution in [1.29, 1.82) is 0 Å². The molecule has 0 saturated carbocycles. The molecular formula is C26H26F3N5O2. The number of carbonyl (C=O) groups excluding carboxylic acids is 1. The summed E-state index contributed by atoms with van der Waals surface area (Å²) in [4.78, 5) is 21.6. The van der Waals surface area contributed by atoms with Crippen LogP contribution in [0.25, 0.3) is 16.7 Å². The van der Waals surface area contributed by atoms with Gasteiger partial charge < -0.3 is 10.0 Å². The number of likely N-dealkylation sites (tertiary alicyclic amines) is 1. The van der Waals surface area contributed by atoms with Crippen LogP contribution in [0.3, 0.4) is 0 Å². The number of fused-ring (bicyclic) bond motifs is 1. The lowest BCUT2D eigenvalue weighted by Crippen LogP contribution is -2.41. The Labute approximate surface area is 206 Å². The molecule has 4 aromatic rings. The molecule has 1 fully saturated rings. The molecule has 1 N–H and O–H groups in total. The van der Waals surface area contributed by atoms with E-state index < -0.39 is 30.5 Å². The van der Waals surface area contributed by atoms with E-state index in [4.69, 9.17) is 0 Å². The number of aliphatic hydroxyl groups excluding tert-OH is 1. The highest BCUT2D eigenvalue weighted by molar-refractivity contribution is 5.77. The van der Waals surface area contributed by atoms with Crippen molar-refractivity contribution in [3.8, 4) is 5.69 Å². The Morgan fingerprint density at radius 1 is 1.00 bits per heavy atom. The predicted octanol–water partition coefficient (Wildman–Crippen LogP) is 4.52. The van der Waals surface area contributed by atoms with E-state index >= 15 is 0 Å². The number of aromatic nitrogens is 4. The van der Waals surface area contributed by atoms with Crippen molar-refractivity contribution in [2.45, 2.75) is 37.5 Å². The average Bonchev–Trinajstić information content (AvgIpc) is 3.33. The zero-order valence-electron chi connectivity index (χ0n) is 19.4. The van der Waals surface area contributed by atoms with Gasteiger partial charge >= 0.3 is 6.18 Å². The Morgan fingerprint density at radius 2 is 1.64 bits per heavy atom. The molecule has 1 unspecified atom stereocenters. The van der Waals surface area contributed by atoms with Gasteiger partial charge in [-0.2, -0.15) is 18.3 Å². The summed E-state index contributed by atoms with van der Waals surface area (Å²) in [6, 6.07) is 17.4. The summed E-state index contributed by atoms with van der Waals surface area (Å²) in [7, 11) is 0. The Kier molecular flexibility index (Phi) is 7.94. The summed E-state index contributed by atoms with van der Waals surface area (Å²) < 4.78 is 41.4. The fourth-order valence-corrected chi connectivity index (χ4v) is 4.01. The molecule has 2 aromatic carbocycles. The third-order valence-electron chi connectivity index (χ3n) is 6.00. The van der Waals surface area contributed by atoms with Gasteiger partial charge in [-0.05, 0) is 30.5 Å². The van der Waals surface area contributed by atoms with Crippen molar-refractivity contribution >= 4 is 16.9 Å². The van der Waals surface area contributed by atoms with E-state index in [1.54, 1.807) is 16.9 Å². The van der Waals surface area contributed by atoms with Gasteiger partial charge in [0.15, 0.2) is 0 Å². The molecule has 3 heterocycles. The van der Waals surface area contributed by atoms with E-state index in [-0.39, 0.29) is 5.56 Å². The standard InChI is InChI=1S/C15H18F3NO2.C11H8N4/c16-15(17,18)13(11-4-2-1-3-5-11)10-14(21)19-8-6-12(20)7-9-19;1-2-4-9(5-3-1)15-7-11-10(14-15)6-12-8-13-11/h1-5,12-13,20H,6-10H2;1-8H. The number of carbonyl (C=O) groups is 1. The number of hydrogen-bond acceptors (Lipinski definition) is 5. The summed E-state index contributed by atoms with van der Waals surface area (Å²) in [5, 5.41) is 13.8.